The molecular weight excluding hydrogens is 362 g/mol. The van der Waals surface area contributed by atoms with Crippen molar-refractivity contribution < 1.29 is 9.53 Å². The van der Waals surface area contributed by atoms with Gasteiger partial charge in [0.05, 0.1) is 36.3 Å². The number of amides is 1. The summed E-state index contributed by atoms with van der Waals surface area (Å²) in [6.07, 6.45) is 0. The van der Waals surface area contributed by atoms with E-state index < -0.39 is 0 Å². The lowest BCUT2D eigenvalue weighted by Crippen LogP contribution is -2.14. The van der Waals surface area contributed by atoms with Gasteiger partial charge in [-0.1, -0.05) is 41.4 Å². The molecule has 0 aliphatic heterocycles. The summed E-state index contributed by atoms with van der Waals surface area (Å²) in [5, 5.41) is 8.01. The summed E-state index contributed by atoms with van der Waals surface area (Å²) in [6, 6.07) is 13.3. The number of ether oxygens (including phenoxy) is 1. The molecule has 0 aliphatic rings. The molecule has 1 amide bonds. The number of hydrogen-bond acceptors (Lipinski definition) is 3. The van der Waals surface area contributed by atoms with Gasteiger partial charge < -0.3 is 10.1 Å². The lowest BCUT2D eigenvalue weighted by molar-refractivity contribution is 0.102. The van der Waals surface area contributed by atoms with E-state index in [0.29, 0.717) is 28.6 Å². The highest BCUT2D eigenvalue weighted by atomic mass is 35.5. The van der Waals surface area contributed by atoms with Crippen LogP contribution in [0.15, 0.2) is 42.5 Å². The standard InChI is InChI=1S/C21H22ClN3O2/c1-13-5-7-16(8-6-13)12-25-15(3)20(14(2)24-25)23-21(26)18-11-17(22)9-10-19(18)27-4/h5-11H,12H2,1-4H3,(H,23,26). The Hall–Kier alpha value is -2.79. The van der Waals surface area contributed by atoms with Crippen LogP contribution < -0.4 is 10.1 Å². The van der Waals surface area contributed by atoms with E-state index in [9.17, 15) is 4.79 Å². The summed E-state index contributed by atoms with van der Waals surface area (Å²) in [5.41, 5.74) is 5.11. The Balaban J connectivity index is 1.85. The van der Waals surface area contributed by atoms with Gasteiger partial charge in [-0.25, -0.2) is 0 Å². The van der Waals surface area contributed by atoms with E-state index in [-0.39, 0.29) is 5.91 Å². The lowest BCUT2D eigenvalue weighted by atomic mass is 10.1. The summed E-state index contributed by atoms with van der Waals surface area (Å²) in [6.45, 7) is 6.52. The first-order valence-corrected chi connectivity index (χ1v) is 9.01. The molecule has 0 radical (unpaired) electrons. The fraction of sp³-hybridized carbons (Fsp3) is 0.238. The zero-order chi connectivity index (χ0) is 19.6. The molecule has 6 heteroatoms. The molecule has 5 nitrogen and oxygen atoms in total. The Morgan fingerprint density at radius 1 is 1.15 bits per heavy atom. The summed E-state index contributed by atoms with van der Waals surface area (Å²) in [7, 11) is 1.52. The minimum atomic E-state index is -0.282. The largest absolute Gasteiger partial charge is 0.496 e. The van der Waals surface area contributed by atoms with Crippen LogP contribution in [0.3, 0.4) is 0 Å². The van der Waals surface area contributed by atoms with E-state index in [1.54, 1.807) is 18.2 Å². The Bertz CT molecular complexity index is 978. The average molecular weight is 384 g/mol. The van der Waals surface area contributed by atoms with Crippen LogP contribution >= 0.6 is 11.6 Å². The van der Waals surface area contributed by atoms with E-state index >= 15 is 0 Å². The van der Waals surface area contributed by atoms with Gasteiger partial charge in [0.2, 0.25) is 0 Å². The molecular formula is C21H22ClN3O2. The SMILES string of the molecule is COc1ccc(Cl)cc1C(=O)Nc1c(C)nn(Cc2ccc(C)cc2)c1C. The molecule has 1 N–H and O–H groups in total. The van der Waals surface area contributed by atoms with Crippen molar-refractivity contribution in [3.8, 4) is 5.75 Å². The minimum absolute atomic E-state index is 0.282. The molecule has 2 aromatic carbocycles. The van der Waals surface area contributed by atoms with Crippen LogP contribution in [0.25, 0.3) is 0 Å². The highest BCUT2D eigenvalue weighted by Gasteiger charge is 2.18. The van der Waals surface area contributed by atoms with Gasteiger partial charge in [-0.05, 0) is 44.5 Å². The number of methoxy groups -OCH3 is 1. The Morgan fingerprint density at radius 2 is 1.85 bits per heavy atom. The predicted octanol–water partition coefficient (Wildman–Crippen LogP) is 4.77. The number of benzene rings is 2. The van der Waals surface area contributed by atoms with Crippen molar-refractivity contribution in [2.24, 2.45) is 0 Å². The smallest absolute Gasteiger partial charge is 0.259 e. The highest BCUT2D eigenvalue weighted by Crippen LogP contribution is 2.26. The maximum absolute atomic E-state index is 12.8. The van der Waals surface area contributed by atoms with Gasteiger partial charge in [-0.3, -0.25) is 9.48 Å². The molecule has 0 saturated heterocycles. The van der Waals surface area contributed by atoms with E-state index in [1.165, 1.54) is 12.7 Å². The van der Waals surface area contributed by atoms with E-state index in [2.05, 4.69) is 41.6 Å². The number of carbonyl (C=O) groups excluding carboxylic acids is 1. The average Bonchev–Trinajstić information content (AvgIpc) is 2.91. The first kappa shape index (κ1) is 19.0. The summed E-state index contributed by atoms with van der Waals surface area (Å²) >= 11 is 6.04. The minimum Gasteiger partial charge on any atom is -0.496 e. The second-order valence-corrected chi connectivity index (χ2v) is 6.92. The fourth-order valence-corrected chi connectivity index (χ4v) is 3.11. The van der Waals surface area contributed by atoms with Crippen molar-refractivity contribution in [1.29, 1.82) is 0 Å². The lowest BCUT2D eigenvalue weighted by Gasteiger charge is -2.10. The maximum atomic E-state index is 12.8. The molecule has 140 valence electrons. The zero-order valence-corrected chi connectivity index (χ0v) is 16.6. The fourth-order valence-electron chi connectivity index (χ4n) is 2.94. The van der Waals surface area contributed by atoms with Crippen LogP contribution in [0.4, 0.5) is 5.69 Å². The van der Waals surface area contributed by atoms with Crippen LogP contribution in [-0.4, -0.2) is 22.8 Å². The van der Waals surface area contributed by atoms with Crippen LogP contribution in [0.1, 0.15) is 32.9 Å². The molecule has 0 unspecified atom stereocenters. The number of aromatic nitrogens is 2. The van der Waals surface area contributed by atoms with Gasteiger partial charge in [0.15, 0.2) is 0 Å². The predicted molar refractivity (Wildman–Crippen MR) is 108 cm³/mol. The van der Waals surface area contributed by atoms with Gasteiger partial charge in [0.1, 0.15) is 5.75 Å². The molecule has 0 spiro atoms. The first-order chi connectivity index (χ1) is 12.9. The van der Waals surface area contributed by atoms with Crippen molar-refractivity contribution in [2.75, 3.05) is 12.4 Å². The Kier molecular flexibility index (Phi) is 5.51. The number of nitrogens with one attached hydrogen (secondary N) is 1. The highest BCUT2D eigenvalue weighted by molar-refractivity contribution is 6.31. The van der Waals surface area contributed by atoms with Crippen LogP contribution in [-0.2, 0) is 6.54 Å². The van der Waals surface area contributed by atoms with E-state index in [4.69, 9.17) is 16.3 Å². The second kappa shape index (κ2) is 7.84. The molecule has 0 saturated carbocycles. The van der Waals surface area contributed by atoms with Crippen molar-refractivity contribution in [1.82, 2.24) is 9.78 Å². The summed E-state index contributed by atoms with van der Waals surface area (Å²) < 4.78 is 7.17. The third kappa shape index (κ3) is 4.14. The maximum Gasteiger partial charge on any atom is 0.259 e. The Labute approximate surface area is 163 Å². The molecule has 0 bridgehead atoms. The molecule has 3 rings (SSSR count). The quantitative estimate of drug-likeness (QED) is 0.690. The molecule has 0 atom stereocenters. The van der Waals surface area contributed by atoms with Crippen molar-refractivity contribution in [2.45, 2.75) is 27.3 Å². The van der Waals surface area contributed by atoms with Gasteiger partial charge in [0, 0.05) is 5.02 Å². The number of halogens is 1. The normalized spacial score (nSPS) is 10.7. The van der Waals surface area contributed by atoms with Gasteiger partial charge in [-0.2, -0.15) is 5.10 Å². The van der Waals surface area contributed by atoms with Crippen LogP contribution in [0.2, 0.25) is 5.02 Å². The van der Waals surface area contributed by atoms with Gasteiger partial charge in [0.25, 0.3) is 5.91 Å². The number of carbonyl (C=O) groups is 1. The summed E-state index contributed by atoms with van der Waals surface area (Å²) in [5.74, 6) is 0.190. The molecule has 0 aliphatic carbocycles. The first-order valence-electron chi connectivity index (χ1n) is 8.63. The van der Waals surface area contributed by atoms with Crippen molar-refractivity contribution >= 4 is 23.2 Å². The number of nitrogens with zero attached hydrogens (tertiary/aromatic N) is 2. The monoisotopic (exact) mass is 383 g/mol. The number of anilines is 1. The van der Waals surface area contributed by atoms with Crippen molar-refractivity contribution in [3.63, 3.8) is 0 Å². The number of rotatable bonds is 5. The number of hydrogen-bond donors (Lipinski definition) is 1. The number of aryl methyl sites for hydroxylation is 2. The second-order valence-electron chi connectivity index (χ2n) is 6.49. The molecule has 1 heterocycles. The zero-order valence-electron chi connectivity index (χ0n) is 15.8. The Morgan fingerprint density at radius 3 is 2.52 bits per heavy atom. The third-order valence-corrected chi connectivity index (χ3v) is 4.71. The van der Waals surface area contributed by atoms with Gasteiger partial charge >= 0.3 is 0 Å². The molecule has 3 aromatic rings. The molecule has 0 fully saturated rings. The van der Waals surface area contributed by atoms with Crippen LogP contribution in [0.5, 0.6) is 5.75 Å². The van der Waals surface area contributed by atoms with E-state index in [1.807, 2.05) is 18.5 Å². The molecule has 1 aromatic heterocycles. The molecule has 27 heavy (non-hydrogen) atoms. The van der Waals surface area contributed by atoms with Crippen LogP contribution in [0, 0.1) is 20.8 Å². The van der Waals surface area contributed by atoms with Crippen molar-refractivity contribution in [3.05, 3.63) is 75.6 Å². The van der Waals surface area contributed by atoms with E-state index in [0.717, 1.165) is 17.0 Å². The summed E-state index contributed by atoms with van der Waals surface area (Å²) in [4.78, 5) is 12.8. The topological polar surface area (TPSA) is 56.1 Å². The van der Waals surface area contributed by atoms with Gasteiger partial charge in [-0.15, -0.1) is 0 Å². The third-order valence-electron chi connectivity index (χ3n) is 4.48.